The first-order valence-corrected chi connectivity index (χ1v) is 4.20. The van der Waals surface area contributed by atoms with Crippen molar-refractivity contribution in [3.05, 3.63) is 0 Å². The number of ether oxygens (including phenoxy) is 2. The van der Waals surface area contributed by atoms with Crippen molar-refractivity contribution in [2.75, 3.05) is 19.1 Å². The standard InChI is InChI=1S/C7H13ClO2/c1-2-7(3-4-8)9-5-6-10-7/h2-6H2,1H3. The summed E-state index contributed by atoms with van der Waals surface area (Å²) in [6, 6.07) is 0. The van der Waals surface area contributed by atoms with Gasteiger partial charge in [0.2, 0.25) is 0 Å². The second kappa shape index (κ2) is 3.56. The second-order valence-electron chi connectivity index (χ2n) is 2.40. The second-order valence-corrected chi connectivity index (χ2v) is 2.78. The summed E-state index contributed by atoms with van der Waals surface area (Å²) < 4.78 is 10.8. The zero-order chi connectivity index (χ0) is 7.45. The predicted molar refractivity (Wildman–Crippen MR) is 40.3 cm³/mol. The molecule has 10 heavy (non-hydrogen) atoms. The Labute approximate surface area is 66.5 Å². The summed E-state index contributed by atoms with van der Waals surface area (Å²) in [6.45, 7) is 3.48. The van der Waals surface area contributed by atoms with Crippen LogP contribution in [0.25, 0.3) is 0 Å². The van der Waals surface area contributed by atoms with Crippen molar-refractivity contribution in [2.45, 2.75) is 25.6 Å². The van der Waals surface area contributed by atoms with Crippen LogP contribution in [0.2, 0.25) is 0 Å². The third-order valence-corrected chi connectivity index (χ3v) is 2.02. The molecule has 1 rings (SSSR count). The van der Waals surface area contributed by atoms with E-state index in [0.717, 1.165) is 12.8 Å². The van der Waals surface area contributed by atoms with Gasteiger partial charge in [0.25, 0.3) is 0 Å². The molecule has 0 aliphatic carbocycles. The molecule has 1 aliphatic rings. The fraction of sp³-hybridized carbons (Fsp3) is 1.00. The molecule has 0 saturated carbocycles. The summed E-state index contributed by atoms with van der Waals surface area (Å²) in [5.74, 6) is 0.260. The molecule has 3 heteroatoms. The molecule has 1 fully saturated rings. The maximum Gasteiger partial charge on any atom is 0.169 e. The average molecular weight is 165 g/mol. The monoisotopic (exact) mass is 164 g/mol. The Morgan fingerprint density at radius 1 is 1.40 bits per heavy atom. The highest BCUT2D eigenvalue weighted by Gasteiger charge is 2.33. The van der Waals surface area contributed by atoms with Crippen LogP contribution in [0.4, 0.5) is 0 Å². The minimum Gasteiger partial charge on any atom is -0.348 e. The summed E-state index contributed by atoms with van der Waals surface area (Å²) in [6.07, 6.45) is 1.69. The van der Waals surface area contributed by atoms with Crippen LogP contribution in [0.15, 0.2) is 0 Å². The summed E-state index contributed by atoms with van der Waals surface area (Å²) in [4.78, 5) is 0. The summed E-state index contributed by atoms with van der Waals surface area (Å²) in [5, 5.41) is 0. The van der Waals surface area contributed by atoms with Crippen LogP contribution in [0.1, 0.15) is 19.8 Å². The number of halogens is 1. The minimum atomic E-state index is -0.345. The maximum absolute atomic E-state index is 5.59. The van der Waals surface area contributed by atoms with E-state index in [2.05, 4.69) is 6.92 Å². The molecule has 2 nitrogen and oxygen atoms in total. The van der Waals surface area contributed by atoms with Gasteiger partial charge in [-0.15, -0.1) is 11.6 Å². The van der Waals surface area contributed by atoms with E-state index in [9.17, 15) is 0 Å². The fourth-order valence-electron chi connectivity index (χ4n) is 1.17. The Kier molecular flexibility index (Phi) is 2.96. The van der Waals surface area contributed by atoms with E-state index in [1.807, 2.05) is 0 Å². The molecule has 0 bridgehead atoms. The van der Waals surface area contributed by atoms with Crippen LogP contribution in [0, 0.1) is 0 Å². The molecule has 1 aliphatic heterocycles. The maximum atomic E-state index is 5.59. The van der Waals surface area contributed by atoms with Crippen LogP contribution in [0.5, 0.6) is 0 Å². The van der Waals surface area contributed by atoms with Crippen molar-refractivity contribution in [3.8, 4) is 0 Å². The number of hydrogen-bond acceptors (Lipinski definition) is 2. The van der Waals surface area contributed by atoms with Gasteiger partial charge in [0.15, 0.2) is 5.79 Å². The minimum absolute atomic E-state index is 0.345. The van der Waals surface area contributed by atoms with Gasteiger partial charge in [-0.3, -0.25) is 0 Å². The van der Waals surface area contributed by atoms with E-state index >= 15 is 0 Å². The molecule has 1 heterocycles. The molecule has 0 aromatic rings. The molecule has 0 N–H and O–H groups in total. The highest BCUT2D eigenvalue weighted by atomic mass is 35.5. The van der Waals surface area contributed by atoms with Crippen molar-refractivity contribution < 1.29 is 9.47 Å². The van der Waals surface area contributed by atoms with Gasteiger partial charge in [-0.1, -0.05) is 6.92 Å². The Hall–Kier alpha value is 0.210. The van der Waals surface area contributed by atoms with E-state index in [-0.39, 0.29) is 5.79 Å². The molecular weight excluding hydrogens is 152 g/mol. The lowest BCUT2D eigenvalue weighted by Crippen LogP contribution is -2.29. The smallest absolute Gasteiger partial charge is 0.169 e. The summed E-state index contributed by atoms with van der Waals surface area (Å²) in [5.41, 5.74) is 0. The lowest BCUT2D eigenvalue weighted by Gasteiger charge is -2.24. The van der Waals surface area contributed by atoms with Gasteiger partial charge in [-0.25, -0.2) is 0 Å². The highest BCUT2D eigenvalue weighted by Crippen LogP contribution is 2.26. The first-order chi connectivity index (χ1) is 4.83. The van der Waals surface area contributed by atoms with Gasteiger partial charge in [-0.05, 0) is 6.42 Å². The third kappa shape index (κ3) is 1.62. The van der Waals surface area contributed by atoms with Crippen LogP contribution >= 0.6 is 11.6 Å². The van der Waals surface area contributed by atoms with Crippen LogP contribution < -0.4 is 0 Å². The molecule has 60 valence electrons. The van der Waals surface area contributed by atoms with Gasteiger partial charge in [0, 0.05) is 12.3 Å². The van der Waals surface area contributed by atoms with Crippen molar-refractivity contribution >= 4 is 11.6 Å². The predicted octanol–water partition coefficient (Wildman–Crippen LogP) is 1.77. The zero-order valence-electron chi connectivity index (χ0n) is 6.23. The Morgan fingerprint density at radius 3 is 2.40 bits per heavy atom. The molecule has 0 spiro atoms. The quantitative estimate of drug-likeness (QED) is 0.592. The van der Waals surface area contributed by atoms with Crippen LogP contribution in [0.3, 0.4) is 0 Å². The van der Waals surface area contributed by atoms with E-state index < -0.39 is 0 Å². The average Bonchev–Trinajstić information content (AvgIpc) is 2.39. The van der Waals surface area contributed by atoms with Gasteiger partial charge < -0.3 is 9.47 Å². The number of alkyl halides is 1. The number of hydrogen-bond donors (Lipinski definition) is 0. The lowest BCUT2D eigenvalue weighted by atomic mass is 10.1. The van der Waals surface area contributed by atoms with E-state index in [1.165, 1.54) is 0 Å². The Morgan fingerprint density at radius 2 is 2.00 bits per heavy atom. The Bertz CT molecular complexity index is 99.8. The van der Waals surface area contributed by atoms with E-state index in [1.54, 1.807) is 0 Å². The molecule has 0 atom stereocenters. The first kappa shape index (κ1) is 8.31. The van der Waals surface area contributed by atoms with Gasteiger partial charge >= 0.3 is 0 Å². The topological polar surface area (TPSA) is 18.5 Å². The lowest BCUT2D eigenvalue weighted by molar-refractivity contribution is -0.159. The van der Waals surface area contributed by atoms with Crippen molar-refractivity contribution in [1.82, 2.24) is 0 Å². The van der Waals surface area contributed by atoms with Crippen molar-refractivity contribution in [2.24, 2.45) is 0 Å². The third-order valence-electron chi connectivity index (χ3n) is 1.83. The van der Waals surface area contributed by atoms with Gasteiger partial charge in [0.1, 0.15) is 0 Å². The SMILES string of the molecule is CCC1(CCCl)OCCO1. The normalized spacial score (nSPS) is 23.4. The number of rotatable bonds is 3. The largest absolute Gasteiger partial charge is 0.348 e. The van der Waals surface area contributed by atoms with Crippen LogP contribution in [-0.2, 0) is 9.47 Å². The van der Waals surface area contributed by atoms with Crippen molar-refractivity contribution in [1.29, 1.82) is 0 Å². The van der Waals surface area contributed by atoms with Crippen LogP contribution in [-0.4, -0.2) is 24.9 Å². The molecule has 0 aromatic heterocycles. The highest BCUT2D eigenvalue weighted by molar-refractivity contribution is 6.17. The zero-order valence-corrected chi connectivity index (χ0v) is 6.99. The molecule has 0 radical (unpaired) electrons. The molecule has 0 amide bonds. The van der Waals surface area contributed by atoms with Gasteiger partial charge in [0.05, 0.1) is 13.2 Å². The Balaban J connectivity index is 2.41. The van der Waals surface area contributed by atoms with E-state index in [4.69, 9.17) is 21.1 Å². The molecule has 0 unspecified atom stereocenters. The van der Waals surface area contributed by atoms with Gasteiger partial charge in [-0.2, -0.15) is 0 Å². The molecular formula is C7H13ClO2. The fourth-order valence-corrected chi connectivity index (χ4v) is 1.45. The molecule has 1 saturated heterocycles. The van der Waals surface area contributed by atoms with E-state index in [0.29, 0.717) is 19.1 Å². The summed E-state index contributed by atoms with van der Waals surface area (Å²) in [7, 11) is 0. The molecule has 0 aromatic carbocycles. The summed E-state index contributed by atoms with van der Waals surface area (Å²) >= 11 is 5.59. The first-order valence-electron chi connectivity index (χ1n) is 3.67. The van der Waals surface area contributed by atoms with Crippen molar-refractivity contribution in [3.63, 3.8) is 0 Å².